The SMILES string of the molecule is CCN(Cc1ccccc1OC(C)C)C(=O)c1ccc(C(C)=O)o1. The third kappa shape index (κ3) is 4.25. The third-order valence-corrected chi connectivity index (χ3v) is 3.53. The number of nitrogens with zero attached hydrogens (tertiary/aromatic N) is 1. The predicted molar refractivity (Wildman–Crippen MR) is 91.3 cm³/mol. The zero-order valence-electron chi connectivity index (χ0n) is 14.5. The summed E-state index contributed by atoms with van der Waals surface area (Å²) in [5.74, 6) is 0.682. The van der Waals surface area contributed by atoms with Crippen molar-refractivity contribution in [3.05, 3.63) is 53.5 Å². The Labute approximate surface area is 142 Å². The second-order valence-electron chi connectivity index (χ2n) is 5.81. The van der Waals surface area contributed by atoms with Crippen LogP contribution >= 0.6 is 0 Å². The number of carbonyl (C=O) groups excluding carboxylic acids is 2. The number of rotatable bonds is 7. The number of amides is 1. The molecule has 24 heavy (non-hydrogen) atoms. The lowest BCUT2D eigenvalue weighted by molar-refractivity contribution is 0.0716. The highest BCUT2D eigenvalue weighted by atomic mass is 16.5. The maximum atomic E-state index is 12.6. The summed E-state index contributed by atoms with van der Waals surface area (Å²) in [7, 11) is 0. The molecule has 1 aromatic heterocycles. The van der Waals surface area contributed by atoms with Crippen molar-refractivity contribution in [3.63, 3.8) is 0 Å². The molecule has 0 radical (unpaired) electrons. The topological polar surface area (TPSA) is 59.8 Å². The summed E-state index contributed by atoms with van der Waals surface area (Å²) >= 11 is 0. The van der Waals surface area contributed by atoms with Crippen LogP contribution in [-0.2, 0) is 6.54 Å². The minimum absolute atomic E-state index is 0.0557. The molecule has 0 bridgehead atoms. The lowest BCUT2D eigenvalue weighted by Crippen LogP contribution is -2.30. The highest BCUT2D eigenvalue weighted by Crippen LogP contribution is 2.22. The van der Waals surface area contributed by atoms with Gasteiger partial charge >= 0.3 is 0 Å². The molecule has 0 saturated carbocycles. The molecule has 5 heteroatoms. The number of Topliss-reactive ketones (excluding diaryl/α,β-unsaturated/α-hetero) is 1. The van der Waals surface area contributed by atoms with Crippen molar-refractivity contribution in [2.24, 2.45) is 0 Å². The first-order chi connectivity index (χ1) is 11.4. The first-order valence-corrected chi connectivity index (χ1v) is 8.07. The molecule has 2 rings (SSSR count). The van der Waals surface area contributed by atoms with Crippen molar-refractivity contribution in [1.82, 2.24) is 4.90 Å². The maximum absolute atomic E-state index is 12.6. The molecule has 0 N–H and O–H groups in total. The van der Waals surface area contributed by atoms with Gasteiger partial charge in [-0.2, -0.15) is 0 Å². The van der Waals surface area contributed by atoms with Crippen LogP contribution in [0, 0.1) is 0 Å². The van der Waals surface area contributed by atoms with E-state index in [9.17, 15) is 9.59 Å². The zero-order valence-corrected chi connectivity index (χ0v) is 14.5. The quantitative estimate of drug-likeness (QED) is 0.722. The highest BCUT2D eigenvalue weighted by molar-refractivity contribution is 5.95. The Morgan fingerprint density at radius 2 is 1.79 bits per heavy atom. The van der Waals surface area contributed by atoms with Crippen LogP contribution in [0.5, 0.6) is 5.75 Å². The molecule has 0 unspecified atom stereocenters. The molecule has 1 amide bonds. The van der Waals surface area contributed by atoms with Gasteiger partial charge in [-0.15, -0.1) is 0 Å². The van der Waals surface area contributed by atoms with E-state index in [4.69, 9.17) is 9.15 Å². The van der Waals surface area contributed by atoms with Crippen LogP contribution in [0.4, 0.5) is 0 Å². The third-order valence-electron chi connectivity index (χ3n) is 3.53. The first kappa shape index (κ1) is 17.8. The number of hydrogen-bond donors (Lipinski definition) is 0. The molecular weight excluding hydrogens is 306 g/mol. The van der Waals surface area contributed by atoms with Gasteiger partial charge in [0.15, 0.2) is 17.3 Å². The average Bonchev–Trinajstić information content (AvgIpc) is 3.03. The smallest absolute Gasteiger partial charge is 0.289 e. The lowest BCUT2D eigenvalue weighted by atomic mass is 10.1. The Bertz CT molecular complexity index is 718. The van der Waals surface area contributed by atoms with Gasteiger partial charge in [0.1, 0.15) is 5.75 Å². The Kier molecular flexibility index (Phi) is 5.79. The number of carbonyl (C=O) groups is 2. The fraction of sp³-hybridized carbons (Fsp3) is 0.368. The van der Waals surface area contributed by atoms with E-state index in [0.29, 0.717) is 13.1 Å². The van der Waals surface area contributed by atoms with Crippen LogP contribution in [0.3, 0.4) is 0 Å². The number of para-hydroxylation sites is 1. The molecule has 128 valence electrons. The lowest BCUT2D eigenvalue weighted by Gasteiger charge is -2.22. The molecular formula is C19H23NO4. The van der Waals surface area contributed by atoms with Crippen molar-refractivity contribution < 1.29 is 18.7 Å². The van der Waals surface area contributed by atoms with Crippen molar-refractivity contribution >= 4 is 11.7 Å². The molecule has 0 saturated heterocycles. The van der Waals surface area contributed by atoms with E-state index in [1.54, 1.807) is 4.90 Å². The summed E-state index contributed by atoms with van der Waals surface area (Å²) in [6.07, 6.45) is 0.0557. The molecule has 0 atom stereocenters. The molecule has 0 aliphatic carbocycles. The summed E-state index contributed by atoms with van der Waals surface area (Å²) in [4.78, 5) is 25.6. The van der Waals surface area contributed by atoms with Gasteiger partial charge in [-0.1, -0.05) is 18.2 Å². The molecule has 0 aliphatic rings. The minimum atomic E-state index is -0.246. The van der Waals surface area contributed by atoms with Gasteiger partial charge in [0, 0.05) is 25.6 Å². The molecule has 1 heterocycles. The molecule has 0 aliphatic heterocycles. The average molecular weight is 329 g/mol. The highest BCUT2D eigenvalue weighted by Gasteiger charge is 2.20. The van der Waals surface area contributed by atoms with E-state index in [1.165, 1.54) is 19.1 Å². The fourth-order valence-electron chi connectivity index (χ4n) is 2.33. The Morgan fingerprint density at radius 3 is 2.38 bits per heavy atom. The summed E-state index contributed by atoms with van der Waals surface area (Å²) in [5, 5.41) is 0. The van der Waals surface area contributed by atoms with Crippen molar-refractivity contribution in [3.8, 4) is 5.75 Å². The second kappa shape index (κ2) is 7.81. The maximum Gasteiger partial charge on any atom is 0.289 e. The van der Waals surface area contributed by atoms with Gasteiger partial charge in [0.05, 0.1) is 6.10 Å². The van der Waals surface area contributed by atoms with Gasteiger partial charge in [-0.25, -0.2) is 0 Å². The van der Waals surface area contributed by atoms with Gasteiger partial charge in [-0.3, -0.25) is 9.59 Å². The Balaban J connectivity index is 2.19. The molecule has 0 fully saturated rings. The van der Waals surface area contributed by atoms with Crippen LogP contribution in [0.2, 0.25) is 0 Å². The van der Waals surface area contributed by atoms with E-state index < -0.39 is 0 Å². The van der Waals surface area contributed by atoms with Crippen molar-refractivity contribution in [2.75, 3.05) is 6.54 Å². The zero-order chi connectivity index (χ0) is 17.7. The number of ketones is 1. The molecule has 5 nitrogen and oxygen atoms in total. The van der Waals surface area contributed by atoms with Gasteiger partial charge in [0.2, 0.25) is 0 Å². The molecule has 1 aromatic carbocycles. The van der Waals surface area contributed by atoms with E-state index in [2.05, 4.69) is 0 Å². The van der Waals surface area contributed by atoms with Gasteiger partial charge in [-0.05, 0) is 39.0 Å². The number of furan rings is 1. The number of hydrogen-bond acceptors (Lipinski definition) is 4. The normalized spacial score (nSPS) is 10.7. The summed E-state index contributed by atoms with van der Waals surface area (Å²) in [6, 6.07) is 10.7. The summed E-state index contributed by atoms with van der Waals surface area (Å²) in [6.45, 7) is 8.17. The number of benzene rings is 1. The van der Waals surface area contributed by atoms with Crippen LogP contribution in [0.25, 0.3) is 0 Å². The van der Waals surface area contributed by atoms with Gasteiger partial charge in [0.25, 0.3) is 5.91 Å². The van der Waals surface area contributed by atoms with Crippen molar-refractivity contribution in [1.29, 1.82) is 0 Å². The largest absolute Gasteiger partial charge is 0.491 e. The van der Waals surface area contributed by atoms with E-state index in [1.807, 2.05) is 45.0 Å². The second-order valence-corrected chi connectivity index (χ2v) is 5.81. The van der Waals surface area contributed by atoms with Gasteiger partial charge < -0.3 is 14.1 Å². The minimum Gasteiger partial charge on any atom is -0.491 e. The molecule has 2 aromatic rings. The summed E-state index contributed by atoms with van der Waals surface area (Å²) in [5.41, 5.74) is 0.930. The van der Waals surface area contributed by atoms with Crippen LogP contribution < -0.4 is 4.74 Å². The molecule has 0 spiro atoms. The van der Waals surface area contributed by atoms with E-state index in [0.717, 1.165) is 11.3 Å². The standard InChI is InChI=1S/C19H23NO4/c1-5-20(19(22)18-11-10-16(24-18)14(4)21)12-15-8-6-7-9-17(15)23-13(2)3/h6-11,13H,5,12H2,1-4H3. The monoisotopic (exact) mass is 329 g/mol. The summed E-state index contributed by atoms with van der Waals surface area (Å²) < 4.78 is 11.2. The van der Waals surface area contributed by atoms with Crippen molar-refractivity contribution in [2.45, 2.75) is 40.3 Å². The Morgan fingerprint density at radius 1 is 1.12 bits per heavy atom. The fourth-order valence-corrected chi connectivity index (χ4v) is 2.33. The Hall–Kier alpha value is -2.56. The van der Waals surface area contributed by atoms with Crippen LogP contribution in [0.15, 0.2) is 40.8 Å². The predicted octanol–water partition coefficient (Wildman–Crippen LogP) is 3.93. The van der Waals surface area contributed by atoms with E-state index in [-0.39, 0.29) is 29.3 Å². The first-order valence-electron chi connectivity index (χ1n) is 8.07. The van der Waals surface area contributed by atoms with Crippen LogP contribution in [-0.4, -0.2) is 29.2 Å². The van der Waals surface area contributed by atoms with E-state index >= 15 is 0 Å². The van der Waals surface area contributed by atoms with Crippen LogP contribution in [0.1, 0.15) is 54.4 Å². The number of ether oxygens (including phenoxy) is 1.